The molecule has 2 rings (SSSR count). The van der Waals surface area contributed by atoms with Gasteiger partial charge in [0.25, 0.3) is 0 Å². The number of hydrogen-bond acceptors (Lipinski definition) is 3. The van der Waals surface area contributed by atoms with Crippen molar-refractivity contribution < 1.29 is 0 Å². The Balaban J connectivity index is 2.07. The Morgan fingerprint density at radius 3 is 3.07 bits per heavy atom. The van der Waals surface area contributed by atoms with Crippen molar-refractivity contribution in [2.24, 2.45) is 12.8 Å². The van der Waals surface area contributed by atoms with E-state index in [0.717, 1.165) is 5.69 Å². The van der Waals surface area contributed by atoms with Gasteiger partial charge in [-0.3, -0.25) is 4.68 Å². The van der Waals surface area contributed by atoms with Crippen molar-refractivity contribution in [2.45, 2.75) is 30.6 Å². The Bertz CT molecular complexity index is 291. The number of rotatable bonds is 2. The summed E-state index contributed by atoms with van der Waals surface area (Å²) in [4.78, 5) is 0. The Labute approximate surface area is 89.1 Å². The first kappa shape index (κ1) is 10.1. The maximum absolute atomic E-state index is 6.23. The maximum atomic E-state index is 6.23. The summed E-state index contributed by atoms with van der Waals surface area (Å²) in [6.45, 7) is 0. The van der Waals surface area contributed by atoms with Gasteiger partial charge in [0, 0.05) is 18.5 Å². The SMILES string of the molecule is Cn1nccc1C(N)C1CCCCS1. The zero-order valence-corrected chi connectivity index (χ0v) is 9.33. The van der Waals surface area contributed by atoms with E-state index >= 15 is 0 Å². The summed E-state index contributed by atoms with van der Waals surface area (Å²) in [6, 6.07) is 2.17. The summed E-state index contributed by atoms with van der Waals surface area (Å²) in [6.07, 6.45) is 5.74. The zero-order chi connectivity index (χ0) is 9.97. The highest BCUT2D eigenvalue weighted by Crippen LogP contribution is 2.32. The van der Waals surface area contributed by atoms with Crippen LogP contribution in [0.3, 0.4) is 0 Å². The van der Waals surface area contributed by atoms with Gasteiger partial charge in [0.2, 0.25) is 0 Å². The molecule has 0 amide bonds. The number of hydrogen-bond donors (Lipinski definition) is 1. The average molecular weight is 211 g/mol. The second-order valence-electron chi connectivity index (χ2n) is 3.81. The minimum absolute atomic E-state index is 0.146. The lowest BCUT2D eigenvalue weighted by molar-refractivity contribution is 0.545. The van der Waals surface area contributed by atoms with Crippen molar-refractivity contribution >= 4 is 11.8 Å². The lowest BCUT2D eigenvalue weighted by Crippen LogP contribution is -2.28. The molecule has 4 heteroatoms. The minimum atomic E-state index is 0.146. The fourth-order valence-corrected chi connectivity index (χ4v) is 3.30. The molecule has 2 unspecified atom stereocenters. The molecular weight excluding hydrogens is 194 g/mol. The van der Waals surface area contributed by atoms with Crippen LogP contribution in [0.15, 0.2) is 12.3 Å². The fraction of sp³-hybridized carbons (Fsp3) is 0.700. The third kappa shape index (κ3) is 1.96. The molecule has 3 nitrogen and oxygen atoms in total. The van der Waals surface area contributed by atoms with Gasteiger partial charge in [-0.1, -0.05) is 6.42 Å². The third-order valence-corrected chi connectivity index (χ3v) is 4.30. The molecule has 78 valence electrons. The second-order valence-corrected chi connectivity index (χ2v) is 5.16. The summed E-state index contributed by atoms with van der Waals surface area (Å²) >= 11 is 2.01. The molecule has 0 bridgehead atoms. The Morgan fingerprint density at radius 2 is 2.50 bits per heavy atom. The van der Waals surface area contributed by atoms with Crippen molar-refractivity contribution in [1.82, 2.24) is 9.78 Å². The van der Waals surface area contributed by atoms with Crippen molar-refractivity contribution in [1.29, 1.82) is 0 Å². The molecule has 2 N–H and O–H groups in total. The van der Waals surface area contributed by atoms with Crippen molar-refractivity contribution in [2.75, 3.05) is 5.75 Å². The molecule has 1 aliphatic heterocycles. The van der Waals surface area contributed by atoms with E-state index in [1.165, 1.54) is 25.0 Å². The van der Waals surface area contributed by atoms with Gasteiger partial charge in [0.05, 0.1) is 11.7 Å². The lowest BCUT2D eigenvalue weighted by atomic mass is 10.1. The smallest absolute Gasteiger partial charge is 0.0587 e. The molecule has 0 aliphatic carbocycles. The first-order chi connectivity index (χ1) is 6.79. The molecule has 1 aliphatic rings. The van der Waals surface area contributed by atoms with Crippen molar-refractivity contribution in [3.8, 4) is 0 Å². The second kappa shape index (κ2) is 4.36. The lowest BCUT2D eigenvalue weighted by Gasteiger charge is -2.26. The molecule has 2 heterocycles. The van der Waals surface area contributed by atoms with E-state index in [0.29, 0.717) is 5.25 Å². The first-order valence-corrected chi connectivity index (χ1v) is 6.19. The van der Waals surface area contributed by atoms with Crippen LogP contribution < -0.4 is 5.73 Å². The summed E-state index contributed by atoms with van der Waals surface area (Å²) in [5, 5.41) is 4.74. The monoisotopic (exact) mass is 211 g/mol. The highest BCUT2D eigenvalue weighted by atomic mass is 32.2. The van der Waals surface area contributed by atoms with Crippen molar-refractivity contribution in [3.05, 3.63) is 18.0 Å². The summed E-state index contributed by atoms with van der Waals surface area (Å²) < 4.78 is 1.89. The molecule has 0 radical (unpaired) electrons. The standard InChI is InChI=1S/C10H17N3S/c1-13-8(5-6-12-13)10(11)9-4-2-3-7-14-9/h5-6,9-10H,2-4,7,11H2,1H3. The van der Waals surface area contributed by atoms with Crippen LogP contribution >= 0.6 is 11.8 Å². The van der Waals surface area contributed by atoms with Crippen LogP contribution in [0.5, 0.6) is 0 Å². The molecule has 0 aromatic carbocycles. The fourth-order valence-electron chi connectivity index (χ4n) is 1.95. The van der Waals surface area contributed by atoms with Crippen LogP contribution in [-0.2, 0) is 7.05 Å². The Morgan fingerprint density at radius 1 is 1.64 bits per heavy atom. The summed E-state index contributed by atoms with van der Waals surface area (Å²) in [7, 11) is 1.96. The van der Waals surface area contributed by atoms with Crippen molar-refractivity contribution in [3.63, 3.8) is 0 Å². The molecule has 1 aromatic heterocycles. The average Bonchev–Trinajstić information content (AvgIpc) is 2.65. The first-order valence-electron chi connectivity index (χ1n) is 5.14. The topological polar surface area (TPSA) is 43.8 Å². The molecule has 1 fully saturated rings. The normalized spacial score (nSPS) is 24.9. The van der Waals surface area contributed by atoms with E-state index in [1.54, 1.807) is 0 Å². The van der Waals surface area contributed by atoms with E-state index in [-0.39, 0.29) is 6.04 Å². The van der Waals surface area contributed by atoms with E-state index in [2.05, 4.69) is 5.10 Å². The van der Waals surface area contributed by atoms with Crippen LogP contribution in [0.2, 0.25) is 0 Å². The highest BCUT2D eigenvalue weighted by Gasteiger charge is 2.24. The zero-order valence-electron chi connectivity index (χ0n) is 8.52. The van der Waals surface area contributed by atoms with Crippen LogP contribution in [-0.4, -0.2) is 20.8 Å². The van der Waals surface area contributed by atoms with E-state index in [1.807, 2.05) is 35.8 Å². The molecule has 14 heavy (non-hydrogen) atoms. The number of nitrogens with zero attached hydrogens (tertiary/aromatic N) is 2. The molecule has 0 saturated carbocycles. The molecule has 2 atom stereocenters. The Hall–Kier alpha value is -0.480. The Kier molecular flexibility index (Phi) is 3.13. The van der Waals surface area contributed by atoms with Gasteiger partial charge < -0.3 is 5.73 Å². The van der Waals surface area contributed by atoms with Gasteiger partial charge in [-0.2, -0.15) is 16.9 Å². The van der Waals surface area contributed by atoms with E-state index < -0.39 is 0 Å². The molecule has 0 spiro atoms. The quantitative estimate of drug-likeness (QED) is 0.810. The van der Waals surface area contributed by atoms with Gasteiger partial charge in [-0.25, -0.2) is 0 Å². The van der Waals surface area contributed by atoms with Crippen LogP contribution in [0, 0.1) is 0 Å². The maximum Gasteiger partial charge on any atom is 0.0587 e. The molecule has 1 saturated heterocycles. The summed E-state index contributed by atoms with van der Waals surface area (Å²) in [5.41, 5.74) is 7.39. The largest absolute Gasteiger partial charge is 0.322 e. The van der Waals surface area contributed by atoms with Gasteiger partial charge in [-0.15, -0.1) is 0 Å². The van der Waals surface area contributed by atoms with Gasteiger partial charge in [0.15, 0.2) is 0 Å². The third-order valence-electron chi connectivity index (χ3n) is 2.82. The molecular formula is C10H17N3S. The number of aryl methyl sites for hydroxylation is 1. The predicted molar refractivity (Wildman–Crippen MR) is 60.2 cm³/mol. The number of aromatic nitrogens is 2. The summed E-state index contributed by atoms with van der Waals surface area (Å²) in [5.74, 6) is 1.26. The van der Waals surface area contributed by atoms with Gasteiger partial charge >= 0.3 is 0 Å². The van der Waals surface area contributed by atoms with E-state index in [9.17, 15) is 0 Å². The predicted octanol–water partition coefficient (Wildman–Crippen LogP) is 1.71. The van der Waals surface area contributed by atoms with E-state index in [4.69, 9.17) is 5.73 Å². The molecule has 1 aromatic rings. The van der Waals surface area contributed by atoms with Gasteiger partial charge in [-0.05, 0) is 24.7 Å². The minimum Gasteiger partial charge on any atom is -0.322 e. The highest BCUT2D eigenvalue weighted by molar-refractivity contribution is 8.00. The van der Waals surface area contributed by atoms with Crippen LogP contribution in [0.1, 0.15) is 31.0 Å². The number of thioether (sulfide) groups is 1. The van der Waals surface area contributed by atoms with Crippen LogP contribution in [0.4, 0.5) is 0 Å². The number of nitrogens with two attached hydrogens (primary N) is 1. The van der Waals surface area contributed by atoms with Crippen LogP contribution in [0.25, 0.3) is 0 Å². The van der Waals surface area contributed by atoms with Gasteiger partial charge in [0.1, 0.15) is 0 Å².